The van der Waals surface area contributed by atoms with Gasteiger partial charge in [-0.3, -0.25) is 9.59 Å². The van der Waals surface area contributed by atoms with Crippen LogP contribution in [-0.4, -0.2) is 33.7 Å². The van der Waals surface area contributed by atoms with Crippen molar-refractivity contribution in [1.82, 2.24) is 14.7 Å². The van der Waals surface area contributed by atoms with Gasteiger partial charge in [-0.15, -0.1) is 0 Å². The molecule has 0 saturated heterocycles. The van der Waals surface area contributed by atoms with Crippen LogP contribution in [0.15, 0.2) is 47.3 Å². The van der Waals surface area contributed by atoms with E-state index in [9.17, 15) is 9.59 Å². The Labute approximate surface area is 148 Å². The van der Waals surface area contributed by atoms with Gasteiger partial charge < -0.3 is 4.90 Å². The number of amides is 1. The van der Waals surface area contributed by atoms with Crippen molar-refractivity contribution in [3.05, 3.63) is 64.1 Å². The van der Waals surface area contributed by atoms with Crippen molar-refractivity contribution < 1.29 is 4.79 Å². The molecule has 0 radical (unpaired) electrons. The minimum atomic E-state index is -0.197. The van der Waals surface area contributed by atoms with Crippen molar-refractivity contribution in [2.24, 2.45) is 0 Å². The van der Waals surface area contributed by atoms with Gasteiger partial charge in [0, 0.05) is 19.2 Å². The highest BCUT2D eigenvalue weighted by Gasteiger charge is 2.23. The Hall–Kier alpha value is -2.43. The molecule has 0 atom stereocenters. The number of carbonyl (C=O) groups is 1. The van der Waals surface area contributed by atoms with Crippen LogP contribution in [0.5, 0.6) is 0 Å². The van der Waals surface area contributed by atoms with E-state index < -0.39 is 0 Å². The molecule has 0 unspecified atom stereocenters. The summed E-state index contributed by atoms with van der Waals surface area (Å²) >= 11 is 0. The molecule has 1 aliphatic rings. The number of rotatable bonds is 4. The maximum absolute atomic E-state index is 12.8. The number of hydrogen-bond donors (Lipinski definition) is 0. The molecule has 3 rings (SSSR count). The van der Waals surface area contributed by atoms with Gasteiger partial charge in [0.2, 0.25) is 0 Å². The highest BCUT2D eigenvalue weighted by atomic mass is 16.2. The lowest BCUT2D eigenvalue weighted by atomic mass is 10.1. The molecule has 0 spiro atoms. The second kappa shape index (κ2) is 8.10. The fraction of sp³-hybridized carbons (Fsp3) is 0.450. The average Bonchev–Trinajstić information content (AvgIpc) is 2.92. The third kappa shape index (κ3) is 4.35. The lowest BCUT2D eigenvalue weighted by Crippen LogP contribution is -2.38. The SMILES string of the molecule is CN(C(=O)c1ccc(=O)n(Cc2ccccc2)n1)C1CCCCCC1. The molecule has 1 amide bonds. The standard InChI is InChI=1S/C20H25N3O2/c1-22(17-11-7-2-3-8-12-17)20(25)18-13-14-19(24)23(21-18)15-16-9-5-4-6-10-16/h4-6,9-10,13-14,17H,2-3,7-8,11-12,15H2,1H3. The largest absolute Gasteiger partial charge is 0.337 e. The molecule has 0 aliphatic heterocycles. The Morgan fingerprint density at radius 3 is 2.44 bits per heavy atom. The molecule has 1 fully saturated rings. The molecule has 5 heteroatoms. The van der Waals surface area contributed by atoms with Crippen LogP contribution in [0.3, 0.4) is 0 Å². The maximum Gasteiger partial charge on any atom is 0.274 e. The van der Waals surface area contributed by atoms with Crippen molar-refractivity contribution in [1.29, 1.82) is 0 Å². The van der Waals surface area contributed by atoms with Gasteiger partial charge in [-0.25, -0.2) is 4.68 Å². The zero-order chi connectivity index (χ0) is 17.6. The van der Waals surface area contributed by atoms with Gasteiger partial charge in [0.15, 0.2) is 0 Å². The molecule has 1 aromatic heterocycles. The van der Waals surface area contributed by atoms with E-state index in [0.717, 1.165) is 18.4 Å². The van der Waals surface area contributed by atoms with Crippen LogP contribution in [0.4, 0.5) is 0 Å². The molecule has 0 N–H and O–H groups in total. The van der Waals surface area contributed by atoms with E-state index in [2.05, 4.69) is 5.10 Å². The van der Waals surface area contributed by atoms with Gasteiger partial charge in [-0.1, -0.05) is 56.0 Å². The molecule has 5 nitrogen and oxygen atoms in total. The van der Waals surface area contributed by atoms with Crippen LogP contribution >= 0.6 is 0 Å². The van der Waals surface area contributed by atoms with Gasteiger partial charge in [0.1, 0.15) is 5.69 Å². The first-order valence-corrected chi connectivity index (χ1v) is 9.04. The zero-order valence-corrected chi connectivity index (χ0v) is 14.7. The molecule has 1 aliphatic carbocycles. The second-order valence-electron chi connectivity index (χ2n) is 6.76. The van der Waals surface area contributed by atoms with Crippen molar-refractivity contribution in [3.63, 3.8) is 0 Å². The highest BCUT2D eigenvalue weighted by molar-refractivity contribution is 5.92. The van der Waals surface area contributed by atoms with Crippen molar-refractivity contribution in [3.8, 4) is 0 Å². The number of carbonyl (C=O) groups excluding carboxylic acids is 1. The fourth-order valence-electron chi connectivity index (χ4n) is 3.42. The van der Waals surface area contributed by atoms with Gasteiger partial charge in [-0.05, 0) is 24.5 Å². The van der Waals surface area contributed by atoms with E-state index in [1.165, 1.54) is 36.4 Å². The normalized spacial score (nSPS) is 15.6. The first-order valence-electron chi connectivity index (χ1n) is 9.04. The molecule has 1 saturated carbocycles. The summed E-state index contributed by atoms with van der Waals surface area (Å²) in [6, 6.07) is 12.9. The lowest BCUT2D eigenvalue weighted by molar-refractivity contribution is 0.0709. The molecule has 1 heterocycles. The monoisotopic (exact) mass is 339 g/mol. The Kier molecular flexibility index (Phi) is 5.64. The molecule has 1 aromatic carbocycles. The third-order valence-corrected chi connectivity index (χ3v) is 4.95. The molecule has 2 aromatic rings. The van der Waals surface area contributed by atoms with Crippen LogP contribution in [0.25, 0.3) is 0 Å². The maximum atomic E-state index is 12.8. The van der Waals surface area contributed by atoms with Crippen LogP contribution < -0.4 is 5.56 Å². The van der Waals surface area contributed by atoms with E-state index in [0.29, 0.717) is 12.2 Å². The molecule has 132 valence electrons. The summed E-state index contributed by atoms with van der Waals surface area (Å²) < 4.78 is 1.36. The lowest BCUT2D eigenvalue weighted by Gasteiger charge is -2.27. The summed E-state index contributed by atoms with van der Waals surface area (Å²) in [5.41, 5.74) is 1.12. The molecule has 0 bridgehead atoms. The Bertz CT molecular complexity index is 762. The van der Waals surface area contributed by atoms with E-state index in [1.807, 2.05) is 42.3 Å². The summed E-state index contributed by atoms with van der Waals surface area (Å²) in [5.74, 6) is -0.103. The van der Waals surface area contributed by atoms with E-state index in [-0.39, 0.29) is 17.5 Å². The van der Waals surface area contributed by atoms with Crippen molar-refractivity contribution in [2.45, 2.75) is 51.1 Å². The molecular formula is C20H25N3O2. The fourth-order valence-corrected chi connectivity index (χ4v) is 3.42. The Morgan fingerprint density at radius 1 is 1.08 bits per heavy atom. The van der Waals surface area contributed by atoms with Gasteiger partial charge >= 0.3 is 0 Å². The second-order valence-corrected chi connectivity index (χ2v) is 6.76. The Morgan fingerprint density at radius 2 is 1.76 bits per heavy atom. The van der Waals surface area contributed by atoms with Gasteiger partial charge in [0.25, 0.3) is 11.5 Å². The summed E-state index contributed by atoms with van der Waals surface area (Å²) in [6.45, 7) is 0.369. The average molecular weight is 339 g/mol. The van der Waals surface area contributed by atoms with Crippen molar-refractivity contribution >= 4 is 5.91 Å². The van der Waals surface area contributed by atoms with Crippen LogP contribution in [0.2, 0.25) is 0 Å². The number of aromatic nitrogens is 2. The van der Waals surface area contributed by atoms with E-state index >= 15 is 0 Å². The first kappa shape index (κ1) is 17.4. The van der Waals surface area contributed by atoms with E-state index in [1.54, 1.807) is 6.07 Å². The van der Waals surface area contributed by atoms with Crippen LogP contribution in [0.1, 0.15) is 54.6 Å². The van der Waals surface area contributed by atoms with Crippen LogP contribution in [0, 0.1) is 0 Å². The summed E-state index contributed by atoms with van der Waals surface area (Å²) in [6.07, 6.45) is 6.93. The Balaban J connectivity index is 1.78. The topological polar surface area (TPSA) is 55.2 Å². The highest BCUT2D eigenvalue weighted by Crippen LogP contribution is 2.21. The van der Waals surface area contributed by atoms with Crippen LogP contribution in [-0.2, 0) is 6.54 Å². The predicted octanol–water partition coefficient (Wildman–Crippen LogP) is 3.09. The first-order chi connectivity index (χ1) is 12.1. The molecular weight excluding hydrogens is 314 g/mol. The smallest absolute Gasteiger partial charge is 0.274 e. The summed E-state index contributed by atoms with van der Waals surface area (Å²) in [7, 11) is 1.85. The zero-order valence-electron chi connectivity index (χ0n) is 14.7. The quantitative estimate of drug-likeness (QED) is 0.804. The number of benzene rings is 1. The third-order valence-electron chi connectivity index (χ3n) is 4.95. The predicted molar refractivity (Wildman–Crippen MR) is 97.6 cm³/mol. The van der Waals surface area contributed by atoms with E-state index in [4.69, 9.17) is 0 Å². The van der Waals surface area contributed by atoms with Crippen molar-refractivity contribution in [2.75, 3.05) is 7.05 Å². The van der Waals surface area contributed by atoms with Gasteiger partial charge in [0.05, 0.1) is 6.54 Å². The molecule has 25 heavy (non-hydrogen) atoms. The minimum absolute atomic E-state index is 0.103. The van der Waals surface area contributed by atoms with Gasteiger partial charge in [-0.2, -0.15) is 5.10 Å². The number of nitrogens with zero attached hydrogens (tertiary/aromatic N) is 3. The summed E-state index contributed by atoms with van der Waals surface area (Å²) in [4.78, 5) is 26.7. The minimum Gasteiger partial charge on any atom is -0.337 e. The summed E-state index contributed by atoms with van der Waals surface area (Å²) in [5, 5.41) is 4.32. The number of hydrogen-bond acceptors (Lipinski definition) is 3.